The SMILES string of the molecule is CCCC[N+]1(C)CCCC1=O. The minimum absolute atomic E-state index is 0.443. The maximum absolute atomic E-state index is 11.4. The van der Waals surface area contributed by atoms with Crippen LogP contribution < -0.4 is 0 Å². The lowest BCUT2D eigenvalue weighted by molar-refractivity contribution is -0.826. The summed E-state index contributed by atoms with van der Waals surface area (Å²) in [4.78, 5) is 11.4. The van der Waals surface area contributed by atoms with Gasteiger partial charge in [0.15, 0.2) is 0 Å². The van der Waals surface area contributed by atoms with Crippen LogP contribution in [0.15, 0.2) is 0 Å². The fraction of sp³-hybridized carbons (Fsp3) is 0.889. The number of quaternary nitrogens is 1. The Bertz CT molecular complexity index is 156. The molecule has 11 heavy (non-hydrogen) atoms. The Labute approximate surface area is 68.8 Å². The number of nitrogens with zero attached hydrogens (tertiary/aromatic N) is 1. The molecule has 0 aromatic rings. The van der Waals surface area contributed by atoms with Crippen molar-refractivity contribution in [1.82, 2.24) is 0 Å². The number of unbranched alkanes of at least 4 members (excludes halogenated alkanes) is 1. The van der Waals surface area contributed by atoms with Crippen molar-refractivity contribution in [2.45, 2.75) is 32.6 Å². The Balaban J connectivity index is 2.44. The molecule has 0 spiro atoms. The fourth-order valence-corrected chi connectivity index (χ4v) is 1.72. The Morgan fingerprint density at radius 3 is 2.73 bits per heavy atom. The molecule has 0 radical (unpaired) electrons. The number of amides is 1. The molecule has 0 saturated carbocycles. The summed E-state index contributed by atoms with van der Waals surface area (Å²) in [5.41, 5.74) is 0. The van der Waals surface area contributed by atoms with Crippen molar-refractivity contribution < 1.29 is 9.28 Å². The molecule has 0 aliphatic carbocycles. The molecule has 1 saturated heterocycles. The summed E-state index contributed by atoms with van der Waals surface area (Å²) in [6.45, 7) is 4.29. The zero-order chi connectivity index (χ0) is 8.32. The van der Waals surface area contributed by atoms with Crippen LogP contribution in [0.1, 0.15) is 32.6 Å². The molecule has 0 aromatic carbocycles. The van der Waals surface area contributed by atoms with Crippen LogP contribution in [0.4, 0.5) is 0 Å². The summed E-state index contributed by atoms with van der Waals surface area (Å²) in [5, 5.41) is 0. The molecule has 1 fully saturated rings. The van der Waals surface area contributed by atoms with E-state index in [9.17, 15) is 4.79 Å². The van der Waals surface area contributed by atoms with Gasteiger partial charge in [0.05, 0.1) is 26.6 Å². The van der Waals surface area contributed by atoms with Gasteiger partial charge in [0.2, 0.25) is 0 Å². The maximum atomic E-state index is 11.4. The van der Waals surface area contributed by atoms with E-state index in [1.165, 1.54) is 12.8 Å². The first-order valence-electron chi connectivity index (χ1n) is 4.57. The molecule has 1 rings (SSSR count). The average Bonchev–Trinajstić information content (AvgIpc) is 2.30. The van der Waals surface area contributed by atoms with E-state index in [1.807, 2.05) is 0 Å². The van der Waals surface area contributed by atoms with E-state index >= 15 is 0 Å². The van der Waals surface area contributed by atoms with Crippen LogP contribution in [0, 0.1) is 0 Å². The summed E-state index contributed by atoms with van der Waals surface area (Å²) in [7, 11) is 2.07. The molecule has 1 unspecified atom stereocenters. The number of likely N-dealkylation sites (tertiary alicyclic amines) is 1. The summed E-state index contributed by atoms with van der Waals surface area (Å²) in [6, 6.07) is 0. The highest BCUT2D eigenvalue weighted by Crippen LogP contribution is 2.18. The molecular weight excluding hydrogens is 138 g/mol. The summed E-state index contributed by atoms with van der Waals surface area (Å²) >= 11 is 0. The quantitative estimate of drug-likeness (QED) is 0.567. The highest BCUT2D eigenvalue weighted by molar-refractivity contribution is 5.70. The molecule has 0 bridgehead atoms. The normalized spacial score (nSPS) is 31.3. The topological polar surface area (TPSA) is 17.1 Å². The third-order valence-corrected chi connectivity index (χ3v) is 2.65. The van der Waals surface area contributed by atoms with Gasteiger partial charge in [-0.05, 0) is 6.42 Å². The monoisotopic (exact) mass is 156 g/mol. The second-order valence-electron chi connectivity index (χ2n) is 3.69. The standard InChI is InChI=1S/C9H18NO/c1-3-4-7-10(2)8-5-6-9(10)11/h3-8H2,1-2H3/q+1. The van der Waals surface area contributed by atoms with Gasteiger partial charge in [-0.3, -0.25) is 4.48 Å². The van der Waals surface area contributed by atoms with E-state index in [0.29, 0.717) is 10.4 Å². The number of rotatable bonds is 3. The molecule has 0 N–H and O–H groups in total. The lowest BCUT2D eigenvalue weighted by Gasteiger charge is -2.25. The van der Waals surface area contributed by atoms with Crippen LogP contribution in [-0.2, 0) is 4.79 Å². The van der Waals surface area contributed by atoms with E-state index in [1.54, 1.807) is 0 Å². The maximum Gasteiger partial charge on any atom is 0.313 e. The van der Waals surface area contributed by atoms with Gasteiger partial charge < -0.3 is 0 Å². The summed E-state index contributed by atoms with van der Waals surface area (Å²) in [5.74, 6) is 0.443. The highest BCUT2D eigenvalue weighted by Gasteiger charge is 2.35. The lowest BCUT2D eigenvalue weighted by atomic mass is 10.3. The van der Waals surface area contributed by atoms with Crippen LogP contribution in [-0.4, -0.2) is 30.5 Å². The largest absolute Gasteiger partial charge is 0.313 e. The molecule has 1 amide bonds. The second kappa shape index (κ2) is 3.35. The highest BCUT2D eigenvalue weighted by atomic mass is 16.2. The molecule has 0 aromatic heterocycles. The zero-order valence-electron chi connectivity index (χ0n) is 7.60. The van der Waals surface area contributed by atoms with Crippen molar-refractivity contribution in [3.05, 3.63) is 0 Å². The number of hydrogen-bond acceptors (Lipinski definition) is 1. The van der Waals surface area contributed by atoms with Gasteiger partial charge in [-0.2, -0.15) is 0 Å². The zero-order valence-corrected chi connectivity index (χ0v) is 7.60. The van der Waals surface area contributed by atoms with E-state index in [2.05, 4.69) is 14.0 Å². The van der Waals surface area contributed by atoms with E-state index < -0.39 is 0 Å². The Hall–Kier alpha value is -0.370. The number of carbonyl (C=O) groups is 1. The van der Waals surface area contributed by atoms with Crippen LogP contribution >= 0.6 is 0 Å². The second-order valence-corrected chi connectivity index (χ2v) is 3.69. The van der Waals surface area contributed by atoms with Crippen molar-refractivity contribution in [2.24, 2.45) is 0 Å². The van der Waals surface area contributed by atoms with Crippen LogP contribution in [0.3, 0.4) is 0 Å². The molecule has 1 atom stereocenters. The first-order chi connectivity index (χ1) is 5.19. The Morgan fingerprint density at radius 2 is 2.27 bits per heavy atom. The molecule has 64 valence electrons. The van der Waals surface area contributed by atoms with Crippen LogP contribution in [0.2, 0.25) is 0 Å². The van der Waals surface area contributed by atoms with Crippen LogP contribution in [0.5, 0.6) is 0 Å². The molecule has 1 aliphatic heterocycles. The predicted octanol–water partition coefficient (Wildman–Crippen LogP) is 1.55. The van der Waals surface area contributed by atoms with Gasteiger partial charge in [-0.1, -0.05) is 13.3 Å². The van der Waals surface area contributed by atoms with Gasteiger partial charge in [0.1, 0.15) is 0 Å². The van der Waals surface area contributed by atoms with Gasteiger partial charge in [0.25, 0.3) is 0 Å². The average molecular weight is 156 g/mol. The Kier molecular flexibility index (Phi) is 2.66. The summed E-state index contributed by atoms with van der Waals surface area (Å²) < 4.78 is 0.702. The van der Waals surface area contributed by atoms with Gasteiger partial charge in [0, 0.05) is 6.42 Å². The van der Waals surface area contributed by atoms with Crippen LogP contribution in [0.25, 0.3) is 0 Å². The minimum Gasteiger partial charge on any atom is -0.263 e. The molecular formula is C9H18NO+. The van der Waals surface area contributed by atoms with Crippen molar-refractivity contribution in [3.63, 3.8) is 0 Å². The molecule has 1 heterocycles. The smallest absolute Gasteiger partial charge is 0.263 e. The Morgan fingerprint density at radius 1 is 1.55 bits per heavy atom. The first kappa shape index (κ1) is 8.72. The molecule has 2 heteroatoms. The fourth-order valence-electron chi connectivity index (χ4n) is 1.72. The third kappa shape index (κ3) is 1.80. The van der Waals surface area contributed by atoms with Gasteiger partial charge >= 0.3 is 5.91 Å². The first-order valence-corrected chi connectivity index (χ1v) is 4.57. The van der Waals surface area contributed by atoms with E-state index in [4.69, 9.17) is 0 Å². The van der Waals surface area contributed by atoms with Crippen molar-refractivity contribution >= 4 is 5.91 Å². The predicted molar refractivity (Wildman–Crippen MR) is 45.1 cm³/mol. The van der Waals surface area contributed by atoms with Gasteiger partial charge in [-0.25, -0.2) is 4.79 Å². The lowest BCUT2D eigenvalue weighted by Crippen LogP contribution is -2.45. The van der Waals surface area contributed by atoms with E-state index in [0.717, 1.165) is 25.9 Å². The number of carbonyl (C=O) groups excluding carboxylic acids is 1. The van der Waals surface area contributed by atoms with Crippen molar-refractivity contribution in [1.29, 1.82) is 0 Å². The van der Waals surface area contributed by atoms with Gasteiger partial charge in [-0.15, -0.1) is 0 Å². The molecule has 1 aliphatic rings. The van der Waals surface area contributed by atoms with Crippen molar-refractivity contribution in [2.75, 3.05) is 20.1 Å². The molecule has 2 nitrogen and oxygen atoms in total. The minimum atomic E-state index is 0.443. The number of hydrogen-bond donors (Lipinski definition) is 0. The summed E-state index contributed by atoms with van der Waals surface area (Å²) in [6.07, 6.45) is 4.28. The van der Waals surface area contributed by atoms with E-state index in [-0.39, 0.29) is 0 Å². The third-order valence-electron chi connectivity index (χ3n) is 2.65. The van der Waals surface area contributed by atoms with Crippen molar-refractivity contribution in [3.8, 4) is 0 Å².